The Labute approximate surface area is 135 Å². The molecule has 2 aromatic rings. The molecule has 1 saturated heterocycles. The summed E-state index contributed by atoms with van der Waals surface area (Å²) in [6, 6.07) is 10.4. The van der Waals surface area contributed by atoms with E-state index in [1.807, 2.05) is 23.2 Å². The topological polar surface area (TPSA) is 45.2 Å². The molecule has 1 amide bonds. The molecule has 5 heteroatoms. The van der Waals surface area contributed by atoms with Crippen LogP contribution in [0.5, 0.6) is 0 Å². The fraction of sp³-hybridized carbons (Fsp3) is 0.333. The average molecular weight is 313 g/mol. The summed E-state index contributed by atoms with van der Waals surface area (Å²) < 4.78 is 12.9. The molecule has 0 atom stereocenters. The van der Waals surface area contributed by atoms with Crippen molar-refractivity contribution in [2.45, 2.75) is 25.3 Å². The number of piperidine rings is 1. The molecule has 0 bridgehead atoms. The molecule has 1 aromatic carbocycles. The van der Waals surface area contributed by atoms with Crippen LogP contribution in [0.3, 0.4) is 0 Å². The van der Waals surface area contributed by atoms with Crippen molar-refractivity contribution in [3.63, 3.8) is 0 Å². The lowest BCUT2D eigenvalue weighted by Crippen LogP contribution is -2.43. The van der Waals surface area contributed by atoms with E-state index in [0.717, 1.165) is 37.2 Å². The molecule has 2 heterocycles. The number of carbonyl (C=O) groups is 1. The van der Waals surface area contributed by atoms with Crippen molar-refractivity contribution in [2.24, 2.45) is 0 Å². The minimum absolute atomic E-state index is 0.108. The number of pyridine rings is 1. The zero-order valence-corrected chi connectivity index (χ0v) is 12.9. The van der Waals surface area contributed by atoms with Gasteiger partial charge in [-0.15, -0.1) is 0 Å². The highest BCUT2D eigenvalue weighted by Gasteiger charge is 2.22. The smallest absolute Gasteiger partial charge is 0.226 e. The number of hydrogen-bond acceptors (Lipinski definition) is 3. The third-order valence-electron chi connectivity index (χ3n) is 4.15. The molecule has 1 N–H and O–H groups in total. The highest BCUT2D eigenvalue weighted by Crippen LogP contribution is 2.17. The van der Waals surface area contributed by atoms with Crippen LogP contribution in [0.15, 0.2) is 48.8 Å². The fourth-order valence-electron chi connectivity index (χ4n) is 2.85. The molecular formula is C18H20FN3O. The van der Waals surface area contributed by atoms with Crippen molar-refractivity contribution in [2.75, 3.05) is 18.4 Å². The first-order chi connectivity index (χ1) is 11.2. The lowest BCUT2D eigenvalue weighted by molar-refractivity contribution is -0.131. The van der Waals surface area contributed by atoms with Crippen molar-refractivity contribution in [1.29, 1.82) is 0 Å². The molecule has 3 rings (SSSR count). The molecule has 0 spiro atoms. The Kier molecular flexibility index (Phi) is 4.86. The number of carbonyl (C=O) groups excluding carboxylic acids is 1. The van der Waals surface area contributed by atoms with Crippen LogP contribution in [0.25, 0.3) is 0 Å². The number of likely N-dealkylation sites (tertiary alicyclic amines) is 1. The molecule has 0 saturated carbocycles. The number of amides is 1. The van der Waals surface area contributed by atoms with E-state index in [9.17, 15) is 9.18 Å². The van der Waals surface area contributed by atoms with Gasteiger partial charge < -0.3 is 10.2 Å². The number of rotatable bonds is 4. The Bertz CT molecular complexity index is 637. The molecule has 1 fully saturated rings. The van der Waals surface area contributed by atoms with Crippen LogP contribution in [0, 0.1) is 5.82 Å². The summed E-state index contributed by atoms with van der Waals surface area (Å²) >= 11 is 0. The van der Waals surface area contributed by atoms with Crippen LogP contribution >= 0.6 is 0 Å². The SMILES string of the molecule is O=C(Cc1ccc(F)cc1)N1CCC(Nc2cccnc2)CC1. The Morgan fingerprint density at radius 2 is 1.96 bits per heavy atom. The summed E-state index contributed by atoms with van der Waals surface area (Å²) in [4.78, 5) is 18.3. The lowest BCUT2D eigenvalue weighted by atomic mass is 10.0. The van der Waals surface area contributed by atoms with E-state index in [1.165, 1.54) is 12.1 Å². The number of benzene rings is 1. The second-order valence-corrected chi connectivity index (χ2v) is 5.84. The molecule has 4 nitrogen and oxygen atoms in total. The van der Waals surface area contributed by atoms with E-state index < -0.39 is 0 Å². The summed E-state index contributed by atoms with van der Waals surface area (Å²) in [5.41, 5.74) is 1.87. The maximum absolute atomic E-state index is 12.9. The Morgan fingerprint density at radius 1 is 1.22 bits per heavy atom. The molecule has 1 aliphatic rings. The monoisotopic (exact) mass is 313 g/mol. The fourth-order valence-corrected chi connectivity index (χ4v) is 2.85. The lowest BCUT2D eigenvalue weighted by Gasteiger charge is -2.33. The second-order valence-electron chi connectivity index (χ2n) is 5.84. The zero-order valence-electron chi connectivity index (χ0n) is 12.9. The van der Waals surface area contributed by atoms with Crippen molar-refractivity contribution in [1.82, 2.24) is 9.88 Å². The van der Waals surface area contributed by atoms with Gasteiger partial charge in [0, 0.05) is 31.5 Å². The van der Waals surface area contributed by atoms with Crippen LogP contribution in [0.1, 0.15) is 18.4 Å². The number of halogens is 1. The van der Waals surface area contributed by atoms with E-state index >= 15 is 0 Å². The van der Waals surface area contributed by atoms with Gasteiger partial charge in [-0.3, -0.25) is 9.78 Å². The van der Waals surface area contributed by atoms with Gasteiger partial charge in [0.25, 0.3) is 0 Å². The van der Waals surface area contributed by atoms with Crippen LogP contribution in [0.2, 0.25) is 0 Å². The van der Waals surface area contributed by atoms with Crippen molar-refractivity contribution >= 4 is 11.6 Å². The van der Waals surface area contributed by atoms with Crippen LogP contribution in [-0.4, -0.2) is 34.9 Å². The summed E-state index contributed by atoms with van der Waals surface area (Å²) in [5.74, 6) is -0.167. The first kappa shape index (κ1) is 15.5. The van der Waals surface area contributed by atoms with Gasteiger partial charge in [-0.25, -0.2) is 4.39 Å². The largest absolute Gasteiger partial charge is 0.381 e. The first-order valence-corrected chi connectivity index (χ1v) is 7.89. The first-order valence-electron chi connectivity index (χ1n) is 7.89. The summed E-state index contributed by atoms with van der Waals surface area (Å²) in [7, 11) is 0. The number of aromatic nitrogens is 1. The summed E-state index contributed by atoms with van der Waals surface area (Å²) in [6.45, 7) is 1.50. The molecule has 120 valence electrons. The van der Waals surface area contributed by atoms with E-state index in [4.69, 9.17) is 0 Å². The van der Waals surface area contributed by atoms with Gasteiger partial charge in [0.05, 0.1) is 12.1 Å². The van der Waals surface area contributed by atoms with Crippen LogP contribution in [-0.2, 0) is 11.2 Å². The normalized spacial score (nSPS) is 15.4. The van der Waals surface area contributed by atoms with Gasteiger partial charge >= 0.3 is 0 Å². The minimum atomic E-state index is -0.275. The molecular weight excluding hydrogens is 293 g/mol. The van der Waals surface area contributed by atoms with Gasteiger partial charge in [-0.2, -0.15) is 0 Å². The third kappa shape index (κ3) is 4.28. The van der Waals surface area contributed by atoms with Gasteiger partial charge in [-0.1, -0.05) is 12.1 Å². The summed E-state index contributed by atoms with van der Waals surface area (Å²) in [6.07, 6.45) is 5.74. The van der Waals surface area contributed by atoms with Crippen molar-refractivity contribution < 1.29 is 9.18 Å². The molecule has 23 heavy (non-hydrogen) atoms. The minimum Gasteiger partial charge on any atom is -0.381 e. The summed E-state index contributed by atoms with van der Waals surface area (Å²) in [5, 5.41) is 3.45. The second kappa shape index (κ2) is 7.22. The Balaban J connectivity index is 1.48. The van der Waals surface area contributed by atoms with E-state index in [-0.39, 0.29) is 11.7 Å². The number of nitrogens with zero attached hydrogens (tertiary/aromatic N) is 2. The molecule has 0 unspecified atom stereocenters. The number of nitrogens with one attached hydrogen (secondary N) is 1. The van der Waals surface area contributed by atoms with Crippen LogP contribution in [0.4, 0.5) is 10.1 Å². The predicted octanol–water partition coefficient (Wildman–Crippen LogP) is 2.87. The van der Waals surface area contributed by atoms with Gasteiger partial charge in [-0.05, 0) is 42.7 Å². The highest BCUT2D eigenvalue weighted by molar-refractivity contribution is 5.78. The Hall–Kier alpha value is -2.43. The predicted molar refractivity (Wildman–Crippen MR) is 87.6 cm³/mol. The van der Waals surface area contributed by atoms with Crippen molar-refractivity contribution in [3.8, 4) is 0 Å². The molecule has 1 aromatic heterocycles. The quantitative estimate of drug-likeness (QED) is 0.944. The molecule has 1 aliphatic heterocycles. The van der Waals surface area contributed by atoms with E-state index in [2.05, 4.69) is 10.3 Å². The Morgan fingerprint density at radius 3 is 2.61 bits per heavy atom. The number of hydrogen-bond donors (Lipinski definition) is 1. The van der Waals surface area contributed by atoms with Gasteiger partial charge in [0.1, 0.15) is 5.82 Å². The third-order valence-corrected chi connectivity index (χ3v) is 4.15. The zero-order chi connectivity index (χ0) is 16.1. The highest BCUT2D eigenvalue weighted by atomic mass is 19.1. The van der Waals surface area contributed by atoms with Crippen LogP contribution < -0.4 is 5.32 Å². The molecule has 0 radical (unpaired) electrons. The van der Waals surface area contributed by atoms with E-state index in [1.54, 1.807) is 18.3 Å². The van der Waals surface area contributed by atoms with E-state index in [0.29, 0.717) is 12.5 Å². The molecule has 0 aliphatic carbocycles. The maximum Gasteiger partial charge on any atom is 0.226 e. The van der Waals surface area contributed by atoms with Gasteiger partial charge in [0.15, 0.2) is 0 Å². The number of anilines is 1. The van der Waals surface area contributed by atoms with Gasteiger partial charge in [0.2, 0.25) is 5.91 Å². The standard InChI is InChI=1S/C18H20FN3O/c19-15-5-3-14(4-6-15)12-18(23)22-10-7-16(8-11-22)21-17-2-1-9-20-13-17/h1-6,9,13,16,21H,7-8,10-12H2. The maximum atomic E-state index is 12.9. The average Bonchev–Trinajstić information content (AvgIpc) is 2.58. The van der Waals surface area contributed by atoms with Crippen molar-refractivity contribution in [3.05, 3.63) is 60.2 Å².